The quantitative estimate of drug-likeness (QED) is 0.0202. The van der Waals surface area contributed by atoms with Crippen LogP contribution in [0.5, 0.6) is 0 Å². The number of ether oxygens (including phenoxy) is 3. The molecule has 22 nitrogen and oxygen atoms in total. The van der Waals surface area contributed by atoms with E-state index in [-0.39, 0.29) is 121 Å². The maximum absolute atomic E-state index is 14.0. The number of nitrogens with one attached hydrogen (secondary N) is 6. The molecule has 0 aliphatic carbocycles. The van der Waals surface area contributed by atoms with E-state index in [1.54, 1.807) is 31.5 Å². The van der Waals surface area contributed by atoms with Crippen LogP contribution in [0.4, 0.5) is 4.79 Å². The summed E-state index contributed by atoms with van der Waals surface area (Å²) >= 11 is 0. The van der Waals surface area contributed by atoms with Gasteiger partial charge in [0, 0.05) is 71.2 Å². The molecule has 0 radical (unpaired) electrons. The van der Waals surface area contributed by atoms with Crippen molar-refractivity contribution >= 4 is 53.0 Å². The van der Waals surface area contributed by atoms with Crippen molar-refractivity contribution in [2.75, 3.05) is 72.4 Å². The van der Waals surface area contributed by atoms with E-state index in [4.69, 9.17) is 36.5 Å². The van der Waals surface area contributed by atoms with Crippen LogP contribution in [-0.4, -0.2) is 157 Å². The molecular weight excluding hydrogens is 821 g/mol. The van der Waals surface area contributed by atoms with E-state index in [0.29, 0.717) is 29.9 Å². The third kappa shape index (κ3) is 16.7. The Kier molecular flexibility index (Phi) is 21.6. The number of unbranched alkanes of at least 4 members (excludes halogenated alkanes) is 1. The Balaban J connectivity index is 1.41. The molecule has 2 aliphatic rings. The van der Waals surface area contributed by atoms with E-state index in [2.05, 4.69) is 33.2 Å². The normalized spacial score (nSPS) is 14.5. The van der Waals surface area contributed by atoms with E-state index >= 15 is 0 Å². The van der Waals surface area contributed by atoms with E-state index < -0.39 is 47.7 Å². The lowest BCUT2D eigenvalue weighted by molar-refractivity contribution is -0.137. The number of primary amides is 1. The standard InChI is InChI=1S/C41H64N12O10/c1-5-6-9-29-49-36(38(43)44)37(51(29)4)34(42)27-12-17-52(25-27)40(59)28(8-7-15-47-41(45)60)48-39(58)35(26(2)3)50-31(55)14-19-61-21-23-63-24-22-62-20-16-46-30(54)13-18-53-32(56)10-11-33(53)57/h10-12,26,28,35,42H,5-9,13-25H2,1-4H3,(H3,43,44)(H,46,54)(H,48,58)(H,50,55)(H3,45,47,60)/t28-,35-/m0/s1. The Labute approximate surface area is 367 Å². The van der Waals surface area contributed by atoms with Crippen LogP contribution in [0.1, 0.15) is 76.5 Å². The molecular formula is C41H64N12O10. The first kappa shape index (κ1) is 51.4. The molecule has 2 atom stereocenters. The molecule has 3 heterocycles. The SMILES string of the molecule is CCCCc1nc(C(=N)N)c(C(=N)C2=CCN(C(=O)[C@H](CCCNC(N)=O)NC(=O)[C@@H](NC(=O)CCOCCOCCOCCNC(=O)CCN3C(=O)C=CC3=O)C(C)C)C2)n1C. The Morgan fingerprint density at radius 3 is 2.13 bits per heavy atom. The number of aryl methyl sites for hydroxylation is 1. The van der Waals surface area contributed by atoms with Gasteiger partial charge in [-0.05, 0) is 30.8 Å². The van der Waals surface area contributed by atoms with Crippen LogP contribution in [0.2, 0.25) is 0 Å². The summed E-state index contributed by atoms with van der Waals surface area (Å²) in [6.07, 6.45) is 6.96. The molecule has 0 unspecified atom stereocenters. The largest absolute Gasteiger partial charge is 0.382 e. The Bertz CT molecular complexity index is 1860. The highest BCUT2D eigenvalue weighted by Gasteiger charge is 2.34. The van der Waals surface area contributed by atoms with Gasteiger partial charge in [-0.15, -0.1) is 0 Å². The zero-order chi connectivity index (χ0) is 46.5. The minimum atomic E-state index is -1.03. The van der Waals surface area contributed by atoms with Crippen molar-refractivity contribution in [2.45, 2.75) is 77.8 Å². The topological polar surface area (TPSA) is 319 Å². The number of imidazole rings is 1. The number of nitrogen functional groups attached to an aromatic ring is 1. The van der Waals surface area contributed by atoms with Gasteiger partial charge >= 0.3 is 6.03 Å². The lowest BCUT2D eigenvalue weighted by atomic mass is 10.0. The number of carbonyl (C=O) groups excluding carboxylic acids is 7. The molecule has 0 saturated heterocycles. The van der Waals surface area contributed by atoms with E-state index in [0.717, 1.165) is 17.7 Å². The van der Waals surface area contributed by atoms with Gasteiger partial charge in [0.1, 0.15) is 29.4 Å². The van der Waals surface area contributed by atoms with Gasteiger partial charge in [0.2, 0.25) is 23.6 Å². The molecule has 0 fully saturated rings. The van der Waals surface area contributed by atoms with Crippen molar-refractivity contribution in [3.05, 3.63) is 41.0 Å². The summed E-state index contributed by atoms with van der Waals surface area (Å²) in [4.78, 5) is 93.9. The van der Waals surface area contributed by atoms with E-state index in [1.165, 1.54) is 17.1 Å². The van der Waals surface area contributed by atoms with Crippen molar-refractivity contribution in [1.82, 2.24) is 40.6 Å². The third-order valence-corrected chi connectivity index (χ3v) is 10.1. The summed E-state index contributed by atoms with van der Waals surface area (Å²) in [6, 6.07) is -2.73. The molecule has 1 aromatic heterocycles. The van der Waals surface area contributed by atoms with Gasteiger partial charge in [-0.2, -0.15) is 0 Å². The average Bonchev–Trinajstić information content (AvgIpc) is 3.95. The smallest absolute Gasteiger partial charge is 0.312 e. The first-order chi connectivity index (χ1) is 30.0. The van der Waals surface area contributed by atoms with Crippen LogP contribution in [0.25, 0.3) is 0 Å². The van der Waals surface area contributed by atoms with Crippen molar-refractivity contribution in [2.24, 2.45) is 24.4 Å². The number of rotatable bonds is 30. The van der Waals surface area contributed by atoms with Gasteiger partial charge < -0.3 is 56.4 Å². The predicted molar refractivity (Wildman–Crippen MR) is 230 cm³/mol. The lowest BCUT2D eigenvalue weighted by Gasteiger charge is -2.28. The second kappa shape index (κ2) is 26.5. The minimum absolute atomic E-state index is 0.00530. The van der Waals surface area contributed by atoms with Crippen LogP contribution in [0.3, 0.4) is 0 Å². The molecule has 0 aromatic carbocycles. The number of nitrogens with zero attached hydrogens (tertiary/aromatic N) is 4. The number of aromatic nitrogens is 2. The molecule has 3 rings (SSSR count). The maximum Gasteiger partial charge on any atom is 0.312 e. The van der Waals surface area contributed by atoms with Gasteiger partial charge in [0.15, 0.2) is 0 Å². The molecule has 0 saturated carbocycles. The first-order valence-corrected chi connectivity index (χ1v) is 21.2. The molecule has 0 bridgehead atoms. The zero-order valence-corrected chi connectivity index (χ0v) is 36.7. The van der Waals surface area contributed by atoms with E-state index in [9.17, 15) is 33.6 Å². The number of hydrogen-bond donors (Lipinski definition) is 8. The predicted octanol–water partition coefficient (Wildman–Crippen LogP) is -0.871. The molecule has 1 aromatic rings. The Morgan fingerprint density at radius 1 is 0.857 bits per heavy atom. The highest BCUT2D eigenvalue weighted by Crippen LogP contribution is 2.21. The van der Waals surface area contributed by atoms with Crippen LogP contribution in [0.15, 0.2) is 23.8 Å². The summed E-state index contributed by atoms with van der Waals surface area (Å²) in [5.41, 5.74) is 12.3. The third-order valence-electron chi connectivity index (χ3n) is 10.1. The van der Waals surface area contributed by atoms with Gasteiger partial charge in [0.25, 0.3) is 11.8 Å². The first-order valence-electron chi connectivity index (χ1n) is 21.2. The summed E-state index contributed by atoms with van der Waals surface area (Å²) < 4.78 is 18.2. The summed E-state index contributed by atoms with van der Waals surface area (Å²) in [7, 11) is 1.77. The second-order valence-corrected chi connectivity index (χ2v) is 15.3. The molecule has 2 aliphatic heterocycles. The lowest BCUT2D eigenvalue weighted by Crippen LogP contribution is -2.56. The fourth-order valence-corrected chi connectivity index (χ4v) is 6.59. The molecule has 22 heteroatoms. The number of carbonyl (C=O) groups is 7. The van der Waals surface area contributed by atoms with Crippen LogP contribution < -0.4 is 32.7 Å². The number of nitrogens with two attached hydrogens (primary N) is 2. The van der Waals surface area contributed by atoms with Crippen molar-refractivity contribution < 1.29 is 47.8 Å². The Morgan fingerprint density at radius 2 is 1.51 bits per heavy atom. The molecule has 63 heavy (non-hydrogen) atoms. The molecule has 348 valence electrons. The van der Waals surface area contributed by atoms with Crippen molar-refractivity contribution in [1.29, 1.82) is 10.8 Å². The fraction of sp³-hybridized carbons (Fsp3) is 0.610. The fourth-order valence-electron chi connectivity index (χ4n) is 6.59. The number of urea groups is 1. The molecule has 10 N–H and O–H groups in total. The summed E-state index contributed by atoms with van der Waals surface area (Å²) in [5, 5.41) is 27.8. The molecule has 8 amide bonds. The summed E-state index contributed by atoms with van der Waals surface area (Å²) in [5.74, 6) is -2.50. The average molecular weight is 885 g/mol. The maximum atomic E-state index is 14.0. The van der Waals surface area contributed by atoms with Crippen LogP contribution in [0, 0.1) is 16.7 Å². The van der Waals surface area contributed by atoms with Gasteiger partial charge in [-0.1, -0.05) is 33.3 Å². The van der Waals surface area contributed by atoms with Crippen LogP contribution >= 0.6 is 0 Å². The highest BCUT2D eigenvalue weighted by atomic mass is 16.5. The Hall–Kier alpha value is -6.00. The monoisotopic (exact) mass is 884 g/mol. The van der Waals surface area contributed by atoms with E-state index in [1.807, 2.05) is 0 Å². The summed E-state index contributed by atoms with van der Waals surface area (Å²) in [6.45, 7) is 7.53. The van der Waals surface area contributed by atoms with Crippen molar-refractivity contribution in [3.8, 4) is 0 Å². The number of hydrogen-bond acceptors (Lipinski definition) is 13. The van der Waals surface area contributed by atoms with Crippen LogP contribution in [-0.2, 0) is 56.4 Å². The number of amides is 8. The minimum Gasteiger partial charge on any atom is -0.382 e. The number of imide groups is 1. The van der Waals surface area contributed by atoms with Crippen molar-refractivity contribution in [3.63, 3.8) is 0 Å². The zero-order valence-electron chi connectivity index (χ0n) is 36.7. The highest BCUT2D eigenvalue weighted by molar-refractivity contribution is 6.16. The van der Waals surface area contributed by atoms with Gasteiger partial charge in [0.05, 0.1) is 51.0 Å². The van der Waals surface area contributed by atoms with Gasteiger partial charge in [-0.3, -0.25) is 44.5 Å². The molecule has 0 spiro atoms. The second-order valence-electron chi connectivity index (χ2n) is 15.3. The van der Waals surface area contributed by atoms with Gasteiger partial charge in [-0.25, -0.2) is 9.78 Å². The number of amidine groups is 1.